The summed E-state index contributed by atoms with van der Waals surface area (Å²) in [6, 6.07) is 12.2. The van der Waals surface area contributed by atoms with Crippen LogP contribution >= 0.6 is 22.9 Å². The summed E-state index contributed by atoms with van der Waals surface area (Å²) >= 11 is 7.13. The first kappa shape index (κ1) is 20.2. The van der Waals surface area contributed by atoms with Crippen LogP contribution in [0.25, 0.3) is 0 Å². The molecular weight excluding hydrogens is 397 g/mol. The van der Waals surface area contributed by atoms with Gasteiger partial charge in [0.1, 0.15) is 0 Å². The van der Waals surface area contributed by atoms with Crippen LogP contribution in [0.3, 0.4) is 0 Å². The van der Waals surface area contributed by atoms with Gasteiger partial charge in [0.25, 0.3) is 0 Å². The number of carbonyl (C=O) groups excluding carboxylic acids is 1. The molecule has 0 bridgehead atoms. The highest BCUT2D eigenvalue weighted by Gasteiger charge is 2.63. The van der Waals surface area contributed by atoms with E-state index in [4.69, 9.17) is 11.6 Å². The first-order valence-corrected chi connectivity index (χ1v) is 9.80. The normalized spacial score (nSPS) is 22.0. The molecule has 1 aromatic carbocycles. The molecule has 8 heteroatoms. The van der Waals surface area contributed by atoms with Gasteiger partial charge in [0.15, 0.2) is 5.41 Å². The molecule has 3 nitrogen and oxygen atoms in total. The Kier molecular flexibility index (Phi) is 5.84. The quantitative estimate of drug-likeness (QED) is 0.741. The van der Waals surface area contributed by atoms with E-state index in [1.165, 1.54) is 11.3 Å². The van der Waals surface area contributed by atoms with Crippen molar-refractivity contribution in [2.75, 3.05) is 13.1 Å². The van der Waals surface area contributed by atoms with E-state index in [9.17, 15) is 18.0 Å². The van der Waals surface area contributed by atoms with Gasteiger partial charge in [0.05, 0.1) is 10.4 Å². The predicted molar refractivity (Wildman–Crippen MR) is 101 cm³/mol. The van der Waals surface area contributed by atoms with Gasteiger partial charge >= 0.3 is 6.18 Å². The third-order valence-electron chi connectivity index (χ3n) is 4.94. The molecule has 1 aliphatic heterocycles. The number of hydrogen-bond acceptors (Lipinski definition) is 3. The summed E-state index contributed by atoms with van der Waals surface area (Å²) in [5, 5.41) is 2.55. The van der Waals surface area contributed by atoms with E-state index in [1.54, 1.807) is 24.0 Å². The SMILES string of the molecule is CC(NC(=O)C1(C(F)(F)F)CCN(Cc2ccccc2)C1)c1ccc(Cl)s1. The highest BCUT2D eigenvalue weighted by molar-refractivity contribution is 7.16. The second-order valence-electron chi connectivity index (χ2n) is 6.86. The lowest BCUT2D eigenvalue weighted by atomic mass is 9.85. The number of alkyl halides is 3. The predicted octanol–water partition coefficient (Wildman–Crippen LogP) is 5.03. The maximum absolute atomic E-state index is 13.9. The van der Waals surface area contributed by atoms with Crippen LogP contribution in [0.4, 0.5) is 13.2 Å². The van der Waals surface area contributed by atoms with Crippen LogP contribution in [0.1, 0.15) is 29.8 Å². The summed E-state index contributed by atoms with van der Waals surface area (Å²) in [4.78, 5) is 15.1. The smallest absolute Gasteiger partial charge is 0.348 e. The molecular formula is C19H20ClF3N2OS. The average molecular weight is 417 g/mol. The summed E-state index contributed by atoms with van der Waals surface area (Å²) in [6.07, 6.45) is -4.86. The monoisotopic (exact) mass is 416 g/mol. The molecule has 1 amide bonds. The van der Waals surface area contributed by atoms with Crippen molar-refractivity contribution in [3.63, 3.8) is 0 Å². The molecule has 1 N–H and O–H groups in total. The zero-order valence-electron chi connectivity index (χ0n) is 14.7. The molecule has 0 aliphatic carbocycles. The zero-order chi connectivity index (χ0) is 19.7. The van der Waals surface area contributed by atoms with Gasteiger partial charge in [-0.15, -0.1) is 11.3 Å². The van der Waals surface area contributed by atoms with Crippen LogP contribution in [-0.2, 0) is 11.3 Å². The Morgan fingerprint density at radius 1 is 1.30 bits per heavy atom. The minimum atomic E-state index is -4.62. The van der Waals surface area contributed by atoms with Gasteiger partial charge in [-0.2, -0.15) is 13.2 Å². The maximum Gasteiger partial charge on any atom is 0.404 e. The van der Waals surface area contributed by atoms with Crippen LogP contribution in [0.15, 0.2) is 42.5 Å². The molecule has 2 atom stereocenters. The van der Waals surface area contributed by atoms with E-state index in [2.05, 4.69) is 5.32 Å². The van der Waals surface area contributed by atoms with Crippen molar-refractivity contribution in [1.82, 2.24) is 10.2 Å². The number of amides is 1. The summed E-state index contributed by atoms with van der Waals surface area (Å²) in [7, 11) is 0. The minimum Gasteiger partial charge on any atom is -0.348 e. The number of benzene rings is 1. The number of thiophene rings is 1. The number of rotatable bonds is 5. The molecule has 1 saturated heterocycles. The highest BCUT2D eigenvalue weighted by atomic mass is 35.5. The second-order valence-corrected chi connectivity index (χ2v) is 8.61. The van der Waals surface area contributed by atoms with E-state index < -0.39 is 23.5 Å². The van der Waals surface area contributed by atoms with Crippen molar-refractivity contribution in [1.29, 1.82) is 0 Å². The maximum atomic E-state index is 13.9. The number of hydrogen-bond donors (Lipinski definition) is 1. The van der Waals surface area contributed by atoms with Crippen molar-refractivity contribution in [2.24, 2.45) is 5.41 Å². The Balaban J connectivity index is 1.74. The van der Waals surface area contributed by atoms with Crippen molar-refractivity contribution in [3.8, 4) is 0 Å². The lowest BCUT2D eigenvalue weighted by Gasteiger charge is -2.31. The van der Waals surface area contributed by atoms with Crippen LogP contribution < -0.4 is 5.32 Å². The molecule has 2 heterocycles. The van der Waals surface area contributed by atoms with Gasteiger partial charge in [-0.25, -0.2) is 0 Å². The van der Waals surface area contributed by atoms with Gasteiger partial charge in [0.2, 0.25) is 5.91 Å². The standard InChI is InChI=1S/C19H20ClF3N2OS/c1-13(15-7-8-16(20)27-15)24-17(26)18(19(21,22)23)9-10-25(12-18)11-14-5-3-2-4-6-14/h2-8,13H,9-12H2,1H3,(H,24,26). The van der Waals surface area contributed by atoms with Crippen LogP contribution in [-0.4, -0.2) is 30.1 Å². The summed E-state index contributed by atoms with van der Waals surface area (Å²) in [5.74, 6) is -0.970. The second kappa shape index (κ2) is 7.81. The molecule has 146 valence electrons. The van der Waals surface area contributed by atoms with Crippen LogP contribution in [0, 0.1) is 5.41 Å². The number of carbonyl (C=O) groups is 1. The van der Waals surface area contributed by atoms with E-state index in [-0.39, 0.29) is 19.5 Å². The fourth-order valence-electron chi connectivity index (χ4n) is 3.38. The molecule has 1 fully saturated rings. The van der Waals surface area contributed by atoms with E-state index >= 15 is 0 Å². The Morgan fingerprint density at radius 2 is 2.00 bits per heavy atom. The molecule has 2 aromatic rings. The number of likely N-dealkylation sites (tertiary alicyclic amines) is 1. The molecule has 2 unspecified atom stereocenters. The first-order valence-electron chi connectivity index (χ1n) is 8.60. The van der Waals surface area contributed by atoms with E-state index in [0.717, 1.165) is 10.4 Å². The van der Waals surface area contributed by atoms with Gasteiger partial charge < -0.3 is 5.32 Å². The van der Waals surface area contributed by atoms with Crippen molar-refractivity contribution < 1.29 is 18.0 Å². The topological polar surface area (TPSA) is 32.3 Å². The molecule has 0 saturated carbocycles. The Hall–Kier alpha value is -1.57. The molecule has 3 rings (SSSR count). The number of nitrogens with one attached hydrogen (secondary N) is 1. The Bertz CT molecular complexity index is 796. The minimum absolute atomic E-state index is 0.223. The Labute approximate surface area is 165 Å². The van der Waals surface area contributed by atoms with Gasteiger partial charge in [-0.1, -0.05) is 41.9 Å². The fourth-order valence-corrected chi connectivity index (χ4v) is 4.44. The van der Waals surface area contributed by atoms with Gasteiger partial charge in [0, 0.05) is 18.0 Å². The third-order valence-corrected chi connectivity index (χ3v) is 6.36. The lowest BCUT2D eigenvalue weighted by molar-refractivity contribution is -0.218. The highest BCUT2D eigenvalue weighted by Crippen LogP contribution is 2.46. The number of halogens is 4. The number of nitrogens with zero attached hydrogens (tertiary/aromatic N) is 1. The van der Waals surface area contributed by atoms with Crippen LogP contribution in [0.5, 0.6) is 0 Å². The van der Waals surface area contributed by atoms with E-state index in [1.807, 2.05) is 30.3 Å². The molecule has 1 aromatic heterocycles. The summed E-state index contributed by atoms with van der Waals surface area (Å²) < 4.78 is 42.3. The molecule has 0 radical (unpaired) electrons. The van der Waals surface area contributed by atoms with Crippen LogP contribution in [0.2, 0.25) is 4.34 Å². The van der Waals surface area contributed by atoms with Crippen molar-refractivity contribution in [3.05, 3.63) is 57.2 Å². The average Bonchev–Trinajstić information content (AvgIpc) is 3.22. The molecule has 1 aliphatic rings. The van der Waals surface area contributed by atoms with Gasteiger partial charge in [-0.3, -0.25) is 9.69 Å². The molecule has 27 heavy (non-hydrogen) atoms. The first-order chi connectivity index (χ1) is 12.7. The summed E-state index contributed by atoms with van der Waals surface area (Å²) in [6.45, 7) is 1.94. The van der Waals surface area contributed by atoms with Gasteiger partial charge in [-0.05, 0) is 37.6 Å². The fraction of sp³-hybridized carbons (Fsp3) is 0.421. The van der Waals surface area contributed by atoms with Crippen molar-refractivity contribution >= 4 is 28.8 Å². The molecule has 0 spiro atoms. The van der Waals surface area contributed by atoms with E-state index in [0.29, 0.717) is 10.9 Å². The zero-order valence-corrected chi connectivity index (χ0v) is 16.3. The Morgan fingerprint density at radius 3 is 2.59 bits per heavy atom. The largest absolute Gasteiger partial charge is 0.404 e. The third kappa shape index (κ3) is 4.31. The van der Waals surface area contributed by atoms with Crippen molar-refractivity contribution in [2.45, 2.75) is 32.1 Å². The lowest BCUT2D eigenvalue weighted by Crippen LogP contribution is -2.52. The summed E-state index contributed by atoms with van der Waals surface area (Å²) in [5.41, 5.74) is -1.46.